The molecular weight excluding hydrogens is 368 g/mol. The Hall–Kier alpha value is -2.58. The van der Waals surface area contributed by atoms with Crippen LogP contribution in [0.4, 0.5) is 0 Å². The zero-order valence-electron chi connectivity index (χ0n) is 14.7. The van der Waals surface area contributed by atoms with E-state index in [1.165, 1.54) is 11.2 Å². The van der Waals surface area contributed by atoms with Gasteiger partial charge < -0.3 is 19.5 Å². The van der Waals surface area contributed by atoms with Crippen LogP contribution in [-0.2, 0) is 9.59 Å². The number of thioether (sulfide) groups is 1. The van der Waals surface area contributed by atoms with Gasteiger partial charge in [-0.15, -0.1) is 0 Å². The number of carbonyl (C=O) groups is 2. The van der Waals surface area contributed by atoms with Crippen molar-refractivity contribution >= 4 is 23.6 Å². The first-order chi connectivity index (χ1) is 12.9. The lowest BCUT2D eigenvalue weighted by atomic mass is 9.79. The Kier molecular flexibility index (Phi) is 4.32. The molecule has 8 heteroatoms. The van der Waals surface area contributed by atoms with Crippen LogP contribution in [0.2, 0.25) is 0 Å². The molecule has 1 saturated heterocycles. The summed E-state index contributed by atoms with van der Waals surface area (Å²) in [5, 5.41) is 19.9. The molecule has 2 N–H and O–H groups in total. The average molecular weight is 386 g/mol. The van der Waals surface area contributed by atoms with Crippen LogP contribution in [0.5, 0.6) is 0 Å². The Morgan fingerprint density at radius 3 is 2.67 bits per heavy atom. The van der Waals surface area contributed by atoms with Gasteiger partial charge in [-0.25, -0.2) is 9.78 Å². The van der Waals surface area contributed by atoms with Crippen LogP contribution in [0.15, 0.2) is 56.8 Å². The van der Waals surface area contributed by atoms with Crippen molar-refractivity contribution in [3.8, 4) is 11.3 Å². The molecule has 3 heterocycles. The summed E-state index contributed by atoms with van der Waals surface area (Å²) in [5.74, 6) is -2.34. The minimum atomic E-state index is -1.17. The highest BCUT2D eigenvalue weighted by atomic mass is 32.2. The molecule has 2 aromatic rings. The second-order valence-corrected chi connectivity index (χ2v) is 7.73. The number of aromatic nitrogens is 1. The van der Waals surface area contributed by atoms with Gasteiger partial charge in [0.25, 0.3) is 5.22 Å². The van der Waals surface area contributed by atoms with E-state index in [1.54, 1.807) is 6.92 Å². The number of benzene rings is 1. The normalized spacial score (nSPS) is 25.4. The zero-order valence-corrected chi connectivity index (χ0v) is 15.5. The highest BCUT2D eigenvalue weighted by Crippen LogP contribution is 2.51. The van der Waals surface area contributed by atoms with Crippen molar-refractivity contribution in [2.24, 2.45) is 11.8 Å². The van der Waals surface area contributed by atoms with Crippen LogP contribution in [-0.4, -0.2) is 44.1 Å². The van der Waals surface area contributed by atoms with Gasteiger partial charge in [0.15, 0.2) is 0 Å². The predicted octanol–water partition coefficient (Wildman–Crippen LogP) is 2.59. The SMILES string of the molecule is C[C@H]1C(Sc2nc(-c3ccccc3)co2)=C(C(=O)O)N2C(=O)[C@H]([C@@H](C)O)C12. The van der Waals surface area contributed by atoms with E-state index >= 15 is 0 Å². The van der Waals surface area contributed by atoms with Crippen molar-refractivity contribution in [1.82, 2.24) is 9.88 Å². The van der Waals surface area contributed by atoms with Gasteiger partial charge in [0.2, 0.25) is 5.91 Å². The highest BCUT2D eigenvalue weighted by Gasteiger charge is 2.60. The van der Waals surface area contributed by atoms with Gasteiger partial charge >= 0.3 is 5.97 Å². The van der Waals surface area contributed by atoms with Gasteiger partial charge in [-0.3, -0.25) is 4.79 Å². The minimum absolute atomic E-state index is 0.0427. The third-order valence-corrected chi connectivity index (χ3v) is 6.21. The molecule has 4 rings (SSSR count). The third kappa shape index (κ3) is 2.76. The van der Waals surface area contributed by atoms with E-state index in [0.717, 1.165) is 17.3 Å². The topological polar surface area (TPSA) is 104 Å². The van der Waals surface area contributed by atoms with E-state index in [9.17, 15) is 19.8 Å². The number of carbonyl (C=O) groups excluding carboxylic acids is 1. The van der Waals surface area contributed by atoms with E-state index in [2.05, 4.69) is 4.98 Å². The van der Waals surface area contributed by atoms with E-state index in [1.807, 2.05) is 37.3 Å². The molecular formula is C19H18N2O5S. The smallest absolute Gasteiger partial charge is 0.353 e. The largest absolute Gasteiger partial charge is 0.477 e. The minimum Gasteiger partial charge on any atom is -0.477 e. The number of nitrogens with zero attached hydrogens (tertiary/aromatic N) is 2. The predicted molar refractivity (Wildman–Crippen MR) is 97.4 cm³/mol. The first-order valence-electron chi connectivity index (χ1n) is 8.57. The lowest BCUT2D eigenvalue weighted by Gasteiger charge is -2.46. The maximum Gasteiger partial charge on any atom is 0.353 e. The van der Waals surface area contributed by atoms with E-state index in [0.29, 0.717) is 15.8 Å². The van der Waals surface area contributed by atoms with Crippen LogP contribution in [0, 0.1) is 11.8 Å². The molecule has 0 aliphatic carbocycles. The van der Waals surface area contributed by atoms with E-state index in [4.69, 9.17) is 4.42 Å². The molecule has 1 unspecified atom stereocenters. The molecule has 0 radical (unpaired) electrons. The first kappa shape index (κ1) is 17.8. The first-order valence-corrected chi connectivity index (χ1v) is 9.39. The van der Waals surface area contributed by atoms with Crippen molar-refractivity contribution in [3.63, 3.8) is 0 Å². The van der Waals surface area contributed by atoms with Crippen molar-refractivity contribution in [1.29, 1.82) is 0 Å². The number of aliphatic carboxylic acids is 1. The molecule has 7 nitrogen and oxygen atoms in total. The summed E-state index contributed by atoms with van der Waals surface area (Å²) >= 11 is 1.12. The molecule has 1 fully saturated rings. The average Bonchev–Trinajstić information content (AvgIpc) is 3.18. The molecule has 2 aliphatic heterocycles. The lowest BCUT2D eigenvalue weighted by Crippen LogP contribution is -2.63. The Bertz CT molecular complexity index is 937. The van der Waals surface area contributed by atoms with Gasteiger partial charge in [0.1, 0.15) is 17.7 Å². The van der Waals surface area contributed by atoms with Crippen LogP contribution in [0.3, 0.4) is 0 Å². The highest BCUT2D eigenvalue weighted by molar-refractivity contribution is 8.03. The van der Waals surface area contributed by atoms with Crippen molar-refractivity contribution in [3.05, 3.63) is 47.2 Å². The standard InChI is InChI=1S/C19H18N2O5S/c1-9-14-13(10(2)22)17(23)21(14)15(18(24)25)16(9)27-19-20-12(8-26-19)11-6-4-3-5-7-11/h3-10,13-14,22H,1-2H3,(H,24,25)/t9-,10-,13-,14?/m1/s1. The van der Waals surface area contributed by atoms with Gasteiger partial charge in [-0.2, -0.15) is 0 Å². The Labute approximate surface area is 159 Å². The number of carboxylic acid groups (broad SMARTS) is 1. The van der Waals surface area contributed by atoms with E-state index in [-0.39, 0.29) is 23.6 Å². The Balaban J connectivity index is 1.64. The molecule has 140 valence electrons. The number of aliphatic hydroxyl groups is 1. The Morgan fingerprint density at radius 1 is 1.33 bits per heavy atom. The maximum atomic E-state index is 12.4. The second kappa shape index (κ2) is 6.54. The summed E-state index contributed by atoms with van der Waals surface area (Å²) in [4.78, 5) is 30.4. The molecule has 1 amide bonds. The number of hydrogen-bond donors (Lipinski definition) is 2. The van der Waals surface area contributed by atoms with Gasteiger partial charge in [-0.05, 0) is 18.7 Å². The Morgan fingerprint density at radius 2 is 2.04 bits per heavy atom. The molecule has 0 spiro atoms. The van der Waals surface area contributed by atoms with E-state index < -0.39 is 18.0 Å². The molecule has 2 aliphatic rings. The van der Waals surface area contributed by atoms with Crippen LogP contribution in [0.25, 0.3) is 11.3 Å². The fraction of sp³-hybridized carbons (Fsp3) is 0.316. The summed E-state index contributed by atoms with van der Waals surface area (Å²) in [5.41, 5.74) is 1.51. The van der Waals surface area contributed by atoms with Gasteiger partial charge in [0, 0.05) is 16.4 Å². The second-order valence-electron chi connectivity index (χ2n) is 6.74. The molecule has 27 heavy (non-hydrogen) atoms. The summed E-state index contributed by atoms with van der Waals surface area (Å²) in [7, 11) is 0. The lowest BCUT2D eigenvalue weighted by molar-refractivity contribution is -0.163. The van der Waals surface area contributed by atoms with Crippen LogP contribution < -0.4 is 0 Å². The third-order valence-electron chi connectivity index (χ3n) is 5.06. The molecule has 1 aromatic heterocycles. The van der Waals surface area contributed by atoms with Crippen molar-refractivity contribution in [2.75, 3.05) is 0 Å². The van der Waals surface area contributed by atoms with Crippen molar-refractivity contribution in [2.45, 2.75) is 31.2 Å². The van der Waals surface area contributed by atoms with Gasteiger partial charge in [-0.1, -0.05) is 37.3 Å². The summed E-state index contributed by atoms with van der Waals surface area (Å²) in [6.45, 7) is 3.41. The fourth-order valence-electron chi connectivity index (χ4n) is 3.80. The molecule has 0 bridgehead atoms. The molecule has 4 atom stereocenters. The number of aliphatic hydroxyl groups excluding tert-OH is 1. The number of oxazole rings is 1. The number of fused-ring (bicyclic) bond motifs is 1. The number of hydrogen-bond acceptors (Lipinski definition) is 6. The van der Waals surface area contributed by atoms with Crippen LogP contribution in [0.1, 0.15) is 13.8 Å². The quantitative estimate of drug-likeness (QED) is 0.761. The summed E-state index contributed by atoms with van der Waals surface area (Å²) < 4.78 is 5.52. The zero-order chi connectivity index (χ0) is 19.3. The summed E-state index contributed by atoms with van der Waals surface area (Å²) in [6, 6.07) is 9.16. The molecule has 0 saturated carbocycles. The van der Waals surface area contributed by atoms with Crippen LogP contribution >= 0.6 is 11.8 Å². The van der Waals surface area contributed by atoms with Crippen molar-refractivity contribution < 1.29 is 24.2 Å². The number of β-lactam (4-membered cyclic amide) rings is 1. The number of rotatable bonds is 5. The number of carboxylic acids is 1. The number of amides is 1. The monoisotopic (exact) mass is 386 g/mol. The molecule has 1 aromatic carbocycles. The fourth-order valence-corrected chi connectivity index (χ4v) is 4.83. The summed E-state index contributed by atoms with van der Waals surface area (Å²) in [6.07, 6.45) is 0.698. The van der Waals surface area contributed by atoms with Gasteiger partial charge in [0.05, 0.1) is 18.1 Å². The maximum absolute atomic E-state index is 12.4.